The lowest BCUT2D eigenvalue weighted by atomic mass is 9.90. The summed E-state index contributed by atoms with van der Waals surface area (Å²) in [4.78, 5) is 24.0. The van der Waals surface area contributed by atoms with Gasteiger partial charge in [-0.05, 0) is 74.3 Å². The number of carbonyl (C=O) groups excluding carboxylic acids is 1. The third kappa shape index (κ3) is 6.69. The van der Waals surface area contributed by atoms with Gasteiger partial charge in [0.2, 0.25) is 11.8 Å². The molecule has 44 heavy (non-hydrogen) atoms. The van der Waals surface area contributed by atoms with Crippen molar-refractivity contribution in [2.24, 2.45) is 10.8 Å². The van der Waals surface area contributed by atoms with Gasteiger partial charge in [-0.15, -0.1) is 0 Å². The molecule has 1 saturated carbocycles. The average molecular weight is 631 g/mol. The molecule has 5 rings (SSSR count). The second kappa shape index (κ2) is 11.4. The molecule has 1 amide bonds. The lowest BCUT2D eigenvalue weighted by Crippen LogP contribution is -2.47. The van der Waals surface area contributed by atoms with E-state index in [0.717, 1.165) is 16.7 Å². The molecular weight excluding hydrogens is 593 g/mol. The van der Waals surface area contributed by atoms with Gasteiger partial charge in [0, 0.05) is 23.7 Å². The number of ether oxygens (including phenoxy) is 1. The standard InChI is InChI=1S/C32H37F3N4O4S/c1-20-8-6-9-21(2)27(20)25-17-26-37-29(36-25)38-44(41,42)24-11-7-10-22(16-24)28(40)39(15-14-30(3,4)5)23(19-43-26)18-31(12-13-31)32(33,34)35/h6-11,16-17,23H,12-15,18-19H2,1-5H3,(H,36,37,38)/t23-/m1/s1. The Labute approximate surface area is 256 Å². The van der Waals surface area contributed by atoms with Crippen LogP contribution in [0.4, 0.5) is 19.1 Å². The lowest BCUT2D eigenvalue weighted by molar-refractivity contribution is -0.192. The number of carbonyl (C=O) groups is 1. The fourth-order valence-corrected chi connectivity index (χ4v) is 6.57. The number of hydrogen-bond acceptors (Lipinski definition) is 6. The SMILES string of the molecule is Cc1cccc(C)c1-c1cc2nc(n1)NS(=O)(=O)c1cccc(c1)C(=O)N(CCC(C)(C)C)[C@H](CC1(C(F)(F)F)CC1)CO2. The quantitative estimate of drug-likeness (QED) is 0.328. The smallest absolute Gasteiger partial charge is 0.394 e. The van der Waals surface area contributed by atoms with Crippen LogP contribution in [0.5, 0.6) is 5.88 Å². The Balaban J connectivity index is 1.67. The van der Waals surface area contributed by atoms with Crippen molar-refractivity contribution in [2.75, 3.05) is 17.9 Å². The number of benzene rings is 2. The first kappa shape index (κ1) is 31.7. The van der Waals surface area contributed by atoms with Gasteiger partial charge in [0.25, 0.3) is 15.9 Å². The Morgan fingerprint density at radius 1 is 1.02 bits per heavy atom. The number of halogens is 3. The molecule has 3 aromatic rings. The predicted octanol–water partition coefficient (Wildman–Crippen LogP) is 6.93. The molecule has 2 aromatic carbocycles. The van der Waals surface area contributed by atoms with E-state index in [1.807, 2.05) is 52.8 Å². The van der Waals surface area contributed by atoms with Crippen molar-refractivity contribution in [3.8, 4) is 17.1 Å². The molecule has 0 unspecified atom stereocenters. The number of nitrogens with zero attached hydrogens (tertiary/aromatic N) is 3. The second-order valence-corrected chi connectivity index (χ2v) is 14.8. The minimum Gasteiger partial charge on any atom is -0.475 e. The largest absolute Gasteiger partial charge is 0.475 e. The zero-order valence-electron chi connectivity index (χ0n) is 25.5. The summed E-state index contributed by atoms with van der Waals surface area (Å²) in [6, 6.07) is 11.7. The summed E-state index contributed by atoms with van der Waals surface area (Å²) in [5.74, 6) is -0.844. The first-order valence-electron chi connectivity index (χ1n) is 14.6. The lowest BCUT2D eigenvalue weighted by Gasteiger charge is -2.36. The molecular formula is C32H37F3N4O4S. The van der Waals surface area contributed by atoms with Gasteiger partial charge in [0.15, 0.2) is 0 Å². The van der Waals surface area contributed by atoms with E-state index in [0.29, 0.717) is 12.1 Å². The molecule has 4 bridgehead atoms. The molecule has 2 aliphatic rings. The van der Waals surface area contributed by atoms with Crippen molar-refractivity contribution in [1.29, 1.82) is 0 Å². The Bertz CT molecular complexity index is 1660. The number of nitrogens with one attached hydrogen (secondary N) is 1. The number of anilines is 1. The number of hydrogen-bond donors (Lipinski definition) is 1. The molecule has 1 fully saturated rings. The molecule has 1 aliphatic carbocycles. The van der Waals surface area contributed by atoms with Gasteiger partial charge in [-0.1, -0.05) is 45.0 Å². The van der Waals surface area contributed by atoms with E-state index in [9.17, 15) is 26.4 Å². The third-order valence-corrected chi connectivity index (χ3v) is 9.69. The molecule has 1 aromatic heterocycles. The fourth-order valence-electron chi connectivity index (χ4n) is 5.58. The maximum atomic E-state index is 14.3. The van der Waals surface area contributed by atoms with Gasteiger partial charge in [-0.2, -0.15) is 18.2 Å². The van der Waals surface area contributed by atoms with Gasteiger partial charge in [-0.3, -0.25) is 4.79 Å². The summed E-state index contributed by atoms with van der Waals surface area (Å²) >= 11 is 0. The summed E-state index contributed by atoms with van der Waals surface area (Å²) in [5.41, 5.74) is 0.801. The molecule has 1 atom stereocenters. The van der Waals surface area contributed by atoms with E-state index >= 15 is 0 Å². The van der Waals surface area contributed by atoms with Gasteiger partial charge >= 0.3 is 6.18 Å². The number of alkyl halides is 3. The third-order valence-electron chi connectivity index (χ3n) is 8.37. The van der Waals surface area contributed by atoms with Crippen molar-refractivity contribution >= 4 is 21.9 Å². The van der Waals surface area contributed by atoms with Crippen LogP contribution in [0.1, 0.15) is 67.9 Å². The van der Waals surface area contributed by atoms with Crippen LogP contribution in [-0.4, -0.2) is 54.6 Å². The number of aryl methyl sites for hydroxylation is 2. The van der Waals surface area contributed by atoms with Crippen molar-refractivity contribution in [2.45, 2.75) is 77.4 Å². The molecule has 1 aliphatic heterocycles. The highest BCUT2D eigenvalue weighted by Gasteiger charge is 2.64. The van der Waals surface area contributed by atoms with Crippen LogP contribution in [0, 0.1) is 24.7 Å². The van der Waals surface area contributed by atoms with Crippen LogP contribution in [-0.2, 0) is 10.0 Å². The fraction of sp³-hybridized carbons (Fsp3) is 0.469. The zero-order chi connectivity index (χ0) is 32.1. The summed E-state index contributed by atoms with van der Waals surface area (Å²) in [6.45, 7) is 9.62. The summed E-state index contributed by atoms with van der Waals surface area (Å²) < 4.78 is 78.2. The van der Waals surface area contributed by atoms with Crippen molar-refractivity contribution in [1.82, 2.24) is 14.9 Å². The van der Waals surface area contributed by atoms with Crippen molar-refractivity contribution in [3.05, 3.63) is 65.2 Å². The highest BCUT2D eigenvalue weighted by molar-refractivity contribution is 7.92. The molecule has 236 valence electrons. The summed E-state index contributed by atoms with van der Waals surface area (Å²) in [5, 5.41) is 0. The van der Waals surface area contributed by atoms with E-state index in [2.05, 4.69) is 14.7 Å². The number of aromatic nitrogens is 2. The minimum atomic E-state index is -4.44. The summed E-state index contributed by atoms with van der Waals surface area (Å²) in [6.07, 6.45) is -4.34. The van der Waals surface area contributed by atoms with Crippen LogP contribution in [0.15, 0.2) is 53.4 Å². The molecule has 8 nitrogen and oxygen atoms in total. The van der Waals surface area contributed by atoms with E-state index in [4.69, 9.17) is 4.74 Å². The topological polar surface area (TPSA) is 101 Å². The Hall–Kier alpha value is -3.67. The number of sulfonamides is 1. The predicted molar refractivity (Wildman–Crippen MR) is 161 cm³/mol. The Morgan fingerprint density at radius 2 is 1.68 bits per heavy atom. The van der Waals surface area contributed by atoms with Crippen LogP contribution in [0.25, 0.3) is 11.3 Å². The molecule has 0 saturated heterocycles. The highest BCUT2D eigenvalue weighted by Crippen LogP contribution is 2.61. The Kier molecular flexibility index (Phi) is 8.19. The van der Waals surface area contributed by atoms with Gasteiger partial charge in [0.05, 0.1) is 22.0 Å². The highest BCUT2D eigenvalue weighted by atomic mass is 32.2. The van der Waals surface area contributed by atoms with Gasteiger partial charge in [-0.25, -0.2) is 18.1 Å². The van der Waals surface area contributed by atoms with Crippen molar-refractivity contribution in [3.63, 3.8) is 0 Å². The van der Waals surface area contributed by atoms with Crippen LogP contribution in [0.3, 0.4) is 0 Å². The van der Waals surface area contributed by atoms with E-state index in [-0.39, 0.29) is 60.1 Å². The molecule has 1 N–H and O–H groups in total. The van der Waals surface area contributed by atoms with Crippen LogP contribution in [0.2, 0.25) is 0 Å². The minimum absolute atomic E-state index is 0.0219. The number of rotatable bonds is 5. The summed E-state index contributed by atoms with van der Waals surface area (Å²) in [7, 11) is -4.26. The van der Waals surface area contributed by atoms with Gasteiger partial charge < -0.3 is 9.64 Å². The average Bonchev–Trinajstić information content (AvgIpc) is 3.71. The van der Waals surface area contributed by atoms with Crippen LogP contribution < -0.4 is 9.46 Å². The zero-order valence-corrected chi connectivity index (χ0v) is 26.3. The number of fused-ring (bicyclic) bond motifs is 4. The molecule has 2 heterocycles. The van der Waals surface area contributed by atoms with Crippen LogP contribution >= 0.6 is 0 Å². The van der Waals surface area contributed by atoms with E-state index < -0.39 is 33.6 Å². The second-order valence-electron chi connectivity index (χ2n) is 13.1. The van der Waals surface area contributed by atoms with E-state index in [1.165, 1.54) is 29.2 Å². The maximum Gasteiger partial charge on any atom is 0.394 e. The normalized spacial score (nSPS) is 19.6. The molecule has 0 spiro atoms. The monoisotopic (exact) mass is 630 g/mol. The Morgan fingerprint density at radius 3 is 2.30 bits per heavy atom. The maximum absolute atomic E-state index is 14.3. The first-order chi connectivity index (χ1) is 20.5. The van der Waals surface area contributed by atoms with E-state index in [1.54, 1.807) is 6.07 Å². The van der Waals surface area contributed by atoms with Crippen molar-refractivity contribution < 1.29 is 31.1 Å². The molecule has 0 radical (unpaired) electrons. The molecule has 12 heteroatoms. The number of amides is 1. The van der Waals surface area contributed by atoms with Gasteiger partial charge in [0.1, 0.15) is 6.61 Å². The first-order valence-corrected chi connectivity index (χ1v) is 16.1.